The molecule has 0 atom stereocenters. The predicted molar refractivity (Wildman–Crippen MR) is 51.2 cm³/mol. The zero-order valence-electron chi connectivity index (χ0n) is 6.70. The van der Waals surface area contributed by atoms with Crippen LogP contribution >= 0.6 is 0 Å². The normalized spacial score (nSPS) is 9.58. The molecule has 0 saturated carbocycles. The average Bonchev–Trinajstić information content (AvgIpc) is 2.15. The van der Waals surface area contributed by atoms with Crippen molar-refractivity contribution in [2.24, 2.45) is 0 Å². The lowest BCUT2D eigenvalue weighted by atomic mass is 10.1. The summed E-state index contributed by atoms with van der Waals surface area (Å²) < 4.78 is 0. The Bertz CT molecular complexity index is 342. The fraction of sp³-hybridized carbons (Fsp3) is 0. The highest BCUT2D eigenvalue weighted by molar-refractivity contribution is 5.57. The molecular formula is C11H9N. The summed E-state index contributed by atoms with van der Waals surface area (Å²) in [5.74, 6) is 0. The van der Waals surface area contributed by atoms with Crippen molar-refractivity contribution in [2.45, 2.75) is 0 Å². The Morgan fingerprint density at radius 1 is 1.33 bits per heavy atom. The van der Waals surface area contributed by atoms with Gasteiger partial charge in [0.25, 0.3) is 0 Å². The van der Waals surface area contributed by atoms with Crippen molar-refractivity contribution in [1.82, 2.24) is 0 Å². The summed E-state index contributed by atoms with van der Waals surface area (Å²) >= 11 is 0. The maximum atomic E-state index is 8.30. The lowest BCUT2D eigenvalue weighted by Crippen LogP contribution is -1.73. The quantitative estimate of drug-likeness (QED) is 0.602. The monoisotopic (exact) mass is 155 g/mol. The molecule has 0 saturated heterocycles. The van der Waals surface area contributed by atoms with Crippen LogP contribution in [0.5, 0.6) is 0 Å². The van der Waals surface area contributed by atoms with Crippen LogP contribution in [0.3, 0.4) is 0 Å². The van der Waals surface area contributed by atoms with Crippen LogP contribution in [-0.2, 0) is 0 Å². The number of hydrogen-bond acceptors (Lipinski definition) is 1. The van der Waals surface area contributed by atoms with Crippen molar-refractivity contribution < 1.29 is 0 Å². The molecule has 0 N–H and O–H groups in total. The van der Waals surface area contributed by atoms with Crippen molar-refractivity contribution in [3.63, 3.8) is 0 Å². The van der Waals surface area contributed by atoms with Crippen LogP contribution in [0, 0.1) is 11.3 Å². The first-order chi connectivity index (χ1) is 5.86. The number of allylic oxidation sites excluding steroid dienone is 1. The third-order valence-electron chi connectivity index (χ3n) is 1.50. The van der Waals surface area contributed by atoms with Crippen LogP contribution in [0.2, 0.25) is 0 Å². The summed E-state index contributed by atoms with van der Waals surface area (Å²) in [6.45, 7) is 3.66. The van der Waals surface area contributed by atoms with Gasteiger partial charge < -0.3 is 0 Å². The molecule has 0 spiro atoms. The molecule has 0 bridgehead atoms. The molecular weight excluding hydrogens is 146 g/mol. The summed E-state index contributed by atoms with van der Waals surface area (Å²) in [5.41, 5.74) is 2.09. The van der Waals surface area contributed by atoms with Gasteiger partial charge in [0.05, 0.1) is 6.07 Å². The molecule has 12 heavy (non-hydrogen) atoms. The van der Waals surface area contributed by atoms with Gasteiger partial charge in [-0.1, -0.05) is 30.9 Å². The Morgan fingerprint density at radius 3 is 2.75 bits per heavy atom. The van der Waals surface area contributed by atoms with Gasteiger partial charge in [-0.05, 0) is 23.3 Å². The first kappa shape index (κ1) is 8.29. The Hall–Kier alpha value is -1.81. The molecule has 1 rings (SSSR count). The van der Waals surface area contributed by atoms with E-state index >= 15 is 0 Å². The number of hydrogen-bond donors (Lipinski definition) is 0. The maximum Gasteiger partial charge on any atom is 0.0912 e. The molecule has 1 nitrogen and oxygen atoms in total. The van der Waals surface area contributed by atoms with Crippen molar-refractivity contribution in [2.75, 3.05) is 0 Å². The fourth-order valence-electron chi connectivity index (χ4n) is 0.923. The van der Waals surface area contributed by atoms with E-state index in [9.17, 15) is 0 Å². The van der Waals surface area contributed by atoms with Gasteiger partial charge in [-0.3, -0.25) is 0 Å². The van der Waals surface area contributed by atoms with E-state index in [0.717, 1.165) is 11.1 Å². The molecule has 0 amide bonds. The molecule has 0 heterocycles. The lowest BCUT2D eigenvalue weighted by Gasteiger charge is -1.94. The van der Waals surface area contributed by atoms with Crippen LogP contribution in [0.4, 0.5) is 0 Å². The SMILES string of the molecule is C=Cc1cccc(/C=C\C#N)c1. The van der Waals surface area contributed by atoms with E-state index in [1.165, 1.54) is 6.08 Å². The predicted octanol–water partition coefficient (Wildman–Crippen LogP) is 2.87. The Morgan fingerprint density at radius 2 is 2.08 bits per heavy atom. The van der Waals surface area contributed by atoms with Crippen molar-refractivity contribution in [3.8, 4) is 6.07 Å². The van der Waals surface area contributed by atoms with Crippen molar-refractivity contribution >= 4 is 12.2 Å². The summed E-state index contributed by atoms with van der Waals surface area (Å²) in [4.78, 5) is 0. The highest BCUT2D eigenvalue weighted by Crippen LogP contribution is 2.07. The van der Waals surface area contributed by atoms with E-state index in [0.29, 0.717) is 0 Å². The van der Waals surface area contributed by atoms with E-state index in [1.54, 1.807) is 12.2 Å². The molecule has 0 fully saturated rings. The van der Waals surface area contributed by atoms with E-state index in [1.807, 2.05) is 30.3 Å². The second-order valence-corrected chi connectivity index (χ2v) is 2.34. The number of rotatable bonds is 2. The lowest BCUT2D eigenvalue weighted by molar-refractivity contribution is 1.53. The molecule has 0 aliphatic rings. The summed E-state index contributed by atoms with van der Waals surface area (Å²) in [7, 11) is 0. The minimum Gasteiger partial charge on any atom is -0.193 e. The summed E-state index contributed by atoms with van der Waals surface area (Å²) in [6.07, 6.45) is 5.01. The zero-order chi connectivity index (χ0) is 8.81. The van der Waals surface area contributed by atoms with Gasteiger partial charge in [0.15, 0.2) is 0 Å². The molecule has 0 unspecified atom stereocenters. The van der Waals surface area contributed by atoms with E-state index in [4.69, 9.17) is 5.26 Å². The second kappa shape index (κ2) is 4.15. The van der Waals surface area contributed by atoms with Gasteiger partial charge in [-0.25, -0.2) is 0 Å². The average molecular weight is 155 g/mol. The highest BCUT2D eigenvalue weighted by atomic mass is 14.2. The molecule has 0 radical (unpaired) electrons. The van der Waals surface area contributed by atoms with Crippen molar-refractivity contribution in [3.05, 3.63) is 48.0 Å². The summed E-state index contributed by atoms with van der Waals surface area (Å²) in [5, 5.41) is 8.30. The first-order valence-electron chi connectivity index (χ1n) is 3.65. The van der Waals surface area contributed by atoms with Crippen LogP contribution in [0.15, 0.2) is 36.9 Å². The Kier molecular flexibility index (Phi) is 2.87. The molecule has 1 aromatic rings. The fourth-order valence-corrected chi connectivity index (χ4v) is 0.923. The van der Waals surface area contributed by atoms with Crippen LogP contribution in [0.1, 0.15) is 11.1 Å². The van der Waals surface area contributed by atoms with E-state index < -0.39 is 0 Å². The van der Waals surface area contributed by atoms with Crippen LogP contribution in [-0.4, -0.2) is 0 Å². The van der Waals surface area contributed by atoms with Gasteiger partial charge in [-0.2, -0.15) is 5.26 Å². The van der Waals surface area contributed by atoms with Gasteiger partial charge in [0.1, 0.15) is 0 Å². The third-order valence-corrected chi connectivity index (χ3v) is 1.50. The van der Waals surface area contributed by atoms with E-state index in [2.05, 4.69) is 6.58 Å². The molecule has 1 aromatic carbocycles. The first-order valence-corrected chi connectivity index (χ1v) is 3.65. The standard InChI is InChI=1S/C11H9N/c1-2-10-5-3-6-11(9-10)7-4-8-12/h2-7,9H,1H2/b7-4-. The molecule has 58 valence electrons. The van der Waals surface area contributed by atoms with Gasteiger partial charge in [-0.15, -0.1) is 0 Å². The maximum absolute atomic E-state index is 8.30. The van der Waals surface area contributed by atoms with Gasteiger partial charge in [0.2, 0.25) is 0 Å². The minimum absolute atomic E-state index is 1.02. The topological polar surface area (TPSA) is 23.8 Å². The van der Waals surface area contributed by atoms with E-state index in [-0.39, 0.29) is 0 Å². The van der Waals surface area contributed by atoms with Crippen LogP contribution < -0.4 is 0 Å². The second-order valence-electron chi connectivity index (χ2n) is 2.34. The van der Waals surface area contributed by atoms with Crippen molar-refractivity contribution in [1.29, 1.82) is 5.26 Å². The molecule has 0 aliphatic carbocycles. The largest absolute Gasteiger partial charge is 0.193 e. The highest BCUT2D eigenvalue weighted by Gasteiger charge is 1.86. The van der Waals surface area contributed by atoms with Gasteiger partial charge in [0, 0.05) is 6.08 Å². The summed E-state index contributed by atoms with van der Waals surface area (Å²) in [6, 6.07) is 9.77. The smallest absolute Gasteiger partial charge is 0.0912 e. The third kappa shape index (κ3) is 2.10. The molecule has 0 aromatic heterocycles. The zero-order valence-corrected chi connectivity index (χ0v) is 6.70. The molecule has 1 heteroatoms. The van der Waals surface area contributed by atoms with Crippen LogP contribution in [0.25, 0.3) is 12.2 Å². The Labute approximate surface area is 72.3 Å². The molecule has 0 aliphatic heterocycles. The van der Waals surface area contributed by atoms with Gasteiger partial charge >= 0.3 is 0 Å². The Balaban J connectivity index is 2.95. The number of nitrogens with zero attached hydrogens (tertiary/aromatic N) is 1. The minimum atomic E-state index is 1.02. The number of nitriles is 1. The number of benzene rings is 1.